The molecule has 5 heteroatoms. The van der Waals surface area contributed by atoms with Crippen molar-refractivity contribution in [3.05, 3.63) is 59.7 Å². The second-order valence-corrected chi connectivity index (χ2v) is 10.3. The number of aryl methyl sites for hydroxylation is 1. The van der Waals surface area contributed by atoms with Gasteiger partial charge >= 0.3 is 0 Å². The number of benzene rings is 2. The number of para-hydroxylation sites is 1. The summed E-state index contributed by atoms with van der Waals surface area (Å²) in [5, 5.41) is 0. The van der Waals surface area contributed by atoms with Crippen LogP contribution in [0.1, 0.15) is 61.4 Å². The largest absolute Gasteiger partial charge is 0.369 e. The average molecular weight is 460 g/mol. The maximum absolute atomic E-state index is 13.8. The summed E-state index contributed by atoms with van der Waals surface area (Å²) in [6, 6.07) is 16.8. The van der Waals surface area contributed by atoms with Gasteiger partial charge in [0.1, 0.15) is 0 Å². The lowest BCUT2D eigenvalue weighted by molar-refractivity contribution is -0.124. The van der Waals surface area contributed by atoms with Gasteiger partial charge in [-0.3, -0.25) is 14.5 Å². The molecule has 180 valence electrons. The summed E-state index contributed by atoms with van der Waals surface area (Å²) in [4.78, 5) is 32.5. The number of Topliss-reactive ketones (excluding diaryl/α,β-unsaturated/α-hetero) is 1. The van der Waals surface area contributed by atoms with Crippen molar-refractivity contribution in [3.8, 4) is 0 Å². The third kappa shape index (κ3) is 4.90. The Balaban J connectivity index is 1.26. The molecule has 0 bridgehead atoms. The van der Waals surface area contributed by atoms with E-state index < -0.39 is 0 Å². The van der Waals surface area contributed by atoms with E-state index in [0.717, 1.165) is 69.7 Å². The van der Waals surface area contributed by atoms with E-state index >= 15 is 0 Å². The van der Waals surface area contributed by atoms with E-state index in [2.05, 4.69) is 51.1 Å². The second kappa shape index (κ2) is 10.3. The number of hydrogen-bond donors (Lipinski definition) is 0. The van der Waals surface area contributed by atoms with E-state index in [0.29, 0.717) is 5.91 Å². The summed E-state index contributed by atoms with van der Waals surface area (Å²) in [7, 11) is 0. The first-order valence-electron chi connectivity index (χ1n) is 13.1. The molecule has 1 unspecified atom stereocenters. The van der Waals surface area contributed by atoms with E-state index in [9.17, 15) is 9.59 Å². The van der Waals surface area contributed by atoms with E-state index in [-0.39, 0.29) is 17.7 Å². The Hall–Kier alpha value is -2.66. The molecule has 0 spiro atoms. The number of amides is 1. The molecule has 0 aromatic heterocycles. The van der Waals surface area contributed by atoms with Crippen LogP contribution in [0, 0.1) is 5.92 Å². The van der Waals surface area contributed by atoms with Crippen LogP contribution in [0.25, 0.3) is 0 Å². The highest BCUT2D eigenvalue weighted by Gasteiger charge is 2.36. The summed E-state index contributed by atoms with van der Waals surface area (Å²) in [5.41, 5.74) is 4.42. The summed E-state index contributed by atoms with van der Waals surface area (Å²) >= 11 is 0. The molecular weight excluding hydrogens is 422 g/mol. The number of fused-ring (bicyclic) bond motifs is 1. The van der Waals surface area contributed by atoms with Crippen LogP contribution in [0.15, 0.2) is 48.5 Å². The summed E-state index contributed by atoms with van der Waals surface area (Å²) < 4.78 is 0. The smallest absolute Gasteiger partial charge is 0.230 e. The van der Waals surface area contributed by atoms with Gasteiger partial charge in [0.25, 0.3) is 0 Å². The minimum atomic E-state index is 0.109. The zero-order chi connectivity index (χ0) is 23.5. The van der Waals surface area contributed by atoms with Crippen molar-refractivity contribution in [1.82, 2.24) is 4.90 Å². The van der Waals surface area contributed by atoms with Crippen LogP contribution < -0.4 is 9.80 Å². The molecule has 5 rings (SSSR count). The highest BCUT2D eigenvalue weighted by atomic mass is 16.2. The SMILES string of the molecule is CC(=O)c1ccc(N2CCN(CC3CCc4ccccc4N3C(=O)C3CCCCC3)CC2)cc1. The normalized spacial score (nSPS) is 21.9. The Labute approximate surface area is 203 Å². The third-order valence-corrected chi connectivity index (χ3v) is 8.04. The Morgan fingerprint density at radius 2 is 1.56 bits per heavy atom. The molecule has 34 heavy (non-hydrogen) atoms. The fraction of sp³-hybridized carbons (Fsp3) is 0.517. The topological polar surface area (TPSA) is 43.9 Å². The van der Waals surface area contributed by atoms with Crippen LogP contribution in [0.3, 0.4) is 0 Å². The van der Waals surface area contributed by atoms with Crippen molar-refractivity contribution in [1.29, 1.82) is 0 Å². The number of ketones is 1. The minimum Gasteiger partial charge on any atom is -0.369 e. The molecule has 0 radical (unpaired) electrons. The summed E-state index contributed by atoms with van der Waals surface area (Å²) in [6.07, 6.45) is 7.83. The first kappa shape index (κ1) is 23.1. The van der Waals surface area contributed by atoms with Gasteiger partial charge in [-0.2, -0.15) is 0 Å². The molecule has 2 heterocycles. The van der Waals surface area contributed by atoms with Gasteiger partial charge in [-0.25, -0.2) is 0 Å². The van der Waals surface area contributed by atoms with Gasteiger partial charge in [0.2, 0.25) is 5.91 Å². The minimum absolute atomic E-state index is 0.109. The maximum Gasteiger partial charge on any atom is 0.230 e. The van der Waals surface area contributed by atoms with Gasteiger partial charge in [-0.1, -0.05) is 37.5 Å². The fourth-order valence-corrected chi connectivity index (χ4v) is 6.02. The van der Waals surface area contributed by atoms with Crippen molar-refractivity contribution in [2.24, 2.45) is 5.92 Å². The predicted molar refractivity (Wildman–Crippen MR) is 138 cm³/mol. The second-order valence-electron chi connectivity index (χ2n) is 10.3. The zero-order valence-corrected chi connectivity index (χ0v) is 20.4. The summed E-state index contributed by atoms with van der Waals surface area (Å²) in [6.45, 7) is 6.50. The molecule has 2 aromatic carbocycles. The van der Waals surface area contributed by atoms with Gasteiger partial charge < -0.3 is 9.80 Å². The highest BCUT2D eigenvalue weighted by molar-refractivity contribution is 5.97. The Kier molecular flexibility index (Phi) is 7.00. The molecule has 2 fully saturated rings. The zero-order valence-electron chi connectivity index (χ0n) is 20.4. The molecule has 2 aliphatic heterocycles. The average Bonchev–Trinajstić information content (AvgIpc) is 2.89. The molecular formula is C29H37N3O2. The lowest BCUT2D eigenvalue weighted by Crippen LogP contribution is -2.55. The molecule has 1 saturated carbocycles. The number of rotatable bonds is 5. The molecule has 3 aliphatic rings. The fourth-order valence-electron chi connectivity index (χ4n) is 6.02. The van der Waals surface area contributed by atoms with E-state index in [1.165, 1.54) is 30.5 Å². The third-order valence-electron chi connectivity index (χ3n) is 8.04. The molecule has 1 amide bonds. The van der Waals surface area contributed by atoms with Crippen LogP contribution in [0.4, 0.5) is 11.4 Å². The molecule has 2 aromatic rings. The van der Waals surface area contributed by atoms with E-state index in [4.69, 9.17) is 0 Å². The van der Waals surface area contributed by atoms with Gasteiger partial charge in [0, 0.05) is 61.6 Å². The van der Waals surface area contributed by atoms with Gasteiger partial charge in [0.15, 0.2) is 5.78 Å². The van der Waals surface area contributed by atoms with Crippen LogP contribution in [0.2, 0.25) is 0 Å². The molecule has 1 saturated heterocycles. The number of carbonyl (C=O) groups excluding carboxylic acids is 2. The number of hydrogen-bond acceptors (Lipinski definition) is 4. The van der Waals surface area contributed by atoms with E-state index in [1.54, 1.807) is 6.92 Å². The van der Waals surface area contributed by atoms with Gasteiger partial charge in [-0.15, -0.1) is 0 Å². The van der Waals surface area contributed by atoms with E-state index in [1.807, 2.05) is 12.1 Å². The van der Waals surface area contributed by atoms with Crippen LogP contribution in [-0.4, -0.2) is 55.4 Å². The van der Waals surface area contributed by atoms with Gasteiger partial charge in [-0.05, 0) is 68.5 Å². The number of anilines is 2. The van der Waals surface area contributed by atoms with Crippen molar-refractivity contribution < 1.29 is 9.59 Å². The van der Waals surface area contributed by atoms with Crippen molar-refractivity contribution in [3.63, 3.8) is 0 Å². The monoisotopic (exact) mass is 459 g/mol. The lowest BCUT2D eigenvalue weighted by atomic mass is 9.86. The first-order chi connectivity index (χ1) is 16.6. The van der Waals surface area contributed by atoms with Crippen LogP contribution in [-0.2, 0) is 11.2 Å². The molecule has 5 nitrogen and oxygen atoms in total. The standard InChI is InChI=1S/C29H37N3O2/c1-22(33)23-11-14-26(15-12-23)31-19-17-30(18-20-31)21-27-16-13-24-7-5-6-10-28(24)32(27)29(34)25-8-3-2-4-9-25/h5-7,10-12,14-15,25,27H,2-4,8-9,13,16-21H2,1H3. The Morgan fingerprint density at radius 3 is 2.26 bits per heavy atom. The Bertz CT molecular complexity index is 1000. The summed E-state index contributed by atoms with van der Waals surface area (Å²) in [5.74, 6) is 0.663. The highest BCUT2D eigenvalue weighted by Crippen LogP contribution is 2.35. The van der Waals surface area contributed by atoms with Crippen molar-refractivity contribution in [2.45, 2.75) is 57.9 Å². The number of piperazine rings is 1. The number of carbonyl (C=O) groups is 2. The number of nitrogens with zero attached hydrogens (tertiary/aromatic N) is 3. The lowest BCUT2D eigenvalue weighted by Gasteiger charge is -2.43. The maximum atomic E-state index is 13.8. The first-order valence-corrected chi connectivity index (χ1v) is 13.1. The molecule has 1 aliphatic carbocycles. The van der Waals surface area contributed by atoms with Gasteiger partial charge in [0.05, 0.1) is 0 Å². The Morgan fingerprint density at radius 1 is 0.853 bits per heavy atom. The van der Waals surface area contributed by atoms with Crippen LogP contribution in [0.5, 0.6) is 0 Å². The van der Waals surface area contributed by atoms with Crippen molar-refractivity contribution >= 4 is 23.1 Å². The predicted octanol–water partition coefficient (Wildman–Crippen LogP) is 4.94. The molecule has 0 N–H and O–H groups in total. The van der Waals surface area contributed by atoms with Crippen LogP contribution >= 0.6 is 0 Å². The molecule has 1 atom stereocenters. The quantitative estimate of drug-likeness (QED) is 0.594. The van der Waals surface area contributed by atoms with Crippen molar-refractivity contribution in [2.75, 3.05) is 42.5 Å².